The van der Waals surface area contributed by atoms with Crippen molar-refractivity contribution < 1.29 is 37.3 Å². The van der Waals surface area contributed by atoms with E-state index in [0.717, 1.165) is 0 Å². The number of carbonyl (C=O) groups excluding carboxylic acids is 2. The predicted octanol–water partition coefficient (Wildman–Crippen LogP) is 3.31. The van der Waals surface area contributed by atoms with Crippen LogP contribution in [0.2, 0.25) is 0 Å². The second kappa shape index (κ2) is 8.66. The van der Waals surface area contributed by atoms with E-state index in [1.165, 1.54) is 18.2 Å². The number of aliphatic hydroxyl groups is 1. The Morgan fingerprint density at radius 3 is 2.71 bits per heavy atom. The first kappa shape index (κ1) is 25.4. The van der Waals surface area contributed by atoms with Crippen molar-refractivity contribution in [1.82, 2.24) is 5.32 Å². The summed E-state index contributed by atoms with van der Waals surface area (Å²) in [4.78, 5) is 25.2. The number of fused-ring (bicyclic) bond motifs is 4. The van der Waals surface area contributed by atoms with Gasteiger partial charge in [-0.15, -0.1) is 0 Å². The Hall–Kier alpha value is -1.25. The van der Waals surface area contributed by atoms with Gasteiger partial charge in [0.05, 0.1) is 19.3 Å². The van der Waals surface area contributed by atoms with Crippen LogP contribution in [0.1, 0.15) is 46.5 Å². The molecule has 194 valence electrons. The summed E-state index contributed by atoms with van der Waals surface area (Å²) >= 11 is 0. The topological polar surface area (TPSA) is 97.4 Å². The van der Waals surface area contributed by atoms with Gasteiger partial charge in [0.2, 0.25) is 0 Å². The molecule has 4 aliphatic carbocycles. The molecule has 0 aromatic carbocycles. The molecule has 0 aromatic heterocycles. The SMILES string of the molecule is CCOP(CCNC(=O)[C@@]12CC[C@H]3C4C[C@H](F)C5=CC(=O)C=CC5(C)[C@@]4(F)C(O)CC31O2)OCC. The predicted molar refractivity (Wildman–Crippen MR) is 125 cm³/mol. The Morgan fingerprint density at radius 2 is 2.03 bits per heavy atom. The van der Waals surface area contributed by atoms with E-state index in [4.69, 9.17) is 13.8 Å². The van der Waals surface area contributed by atoms with Crippen LogP contribution in [0.3, 0.4) is 0 Å². The molecule has 5 rings (SSSR count). The zero-order valence-corrected chi connectivity index (χ0v) is 21.3. The van der Waals surface area contributed by atoms with Crippen molar-refractivity contribution in [2.24, 2.45) is 17.3 Å². The Kier molecular flexibility index (Phi) is 6.28. The highest BCUT2D eigenvalue weighted by atomic mass is 31.2. The molecule has 1 heterocycles. The highest BCUT2D eigenvalue weighted by Crippen LogP contribution is 2.74. The van der Waals surface area contributed by atoms with Crippen molar-refractivity contribution in [2.45, 2.75) is 75.6 Å². The third kappa shape index (κ3) is 3.38. The number of halogens is 2. The zero-order valence-electron chi connectivity index (χ0n) is 20.4. The first-order chi connectivity index (χ1) is 16.6. The van der Waals surface area contributed by atoms with Gasteiger partial charge in [-0.05, 0) is 63.7 Å². The minimum absolute atomic E-state index is 0.0374. The number of nitrogens with one attached hydrogen (secondary N) is 1. The number of hydrogen-bond acceptors (Lipinski definition) is 6. The van der Waals surface area contributed by atoms with E-state index in [9.17, 15) is 14.7 Å². The number of rotatable bonds is 8. The van der Waals surface area contributed by atoms with Crippen LogP contribution in [0.25, 0.3) is 0 Å². The second-order valence-electron chi connectivity index (χ2n) is 10.4. The van der Waals surface area contributed by atoms with Crippen LogP contribution in [0.15, 0.2) is 23.8 Å². The number of amides is 1. The van der Waals surface area contributed by atoms with E-state index in [1.54, 1.807) is 6.92 Å². The Bertz CT molecular complexity index is 972. The lowest BCUT2D eigenvalue weighted by atomic mass is 9.47. The lowest BCUT2D eigenvalue weighted by molar-refractivity contribution is -0.186. The Balaban J connectivity index is 1.35. The number of alkyl halides is 2. The van der Waals surface area contributed by atoms with Crippen molar-refractivity contribution in [3.8, 4) is 0 Å². The molecule has 1 aliphatic heterocycles. The molecule has 1 spiro atoms. The molecular weight excluding hydrogens is 479 g/mol. The maximum absolute atomic E-state index is 17.0. The molecule has 8 atom stereocenters. The third-order valence-corrected chi connectivity index (χ3v) is 10.7. The molecular formula is C25H34F2NO6P. The third-order valence-electron chi connectivity index (χ3n) is 8.98. The molecule has 4 fully saturated rings. The Morgan fingerprint density at radius 1 is 1.31 bits per heavy atom. The number of ketones is 1. The van der Waals surface area contributed by atoms with Crippen molar-refractivity contribution in [2.75, 3.05) is 25.9 Å². The summed E-state index contributed by atoms with van der Waals surface area (Å²) in [6.07, 6.45) is 2.18. The van der Waals surface area contributed by atoms with Gasteiger partial charge in [-0.25, -0.2) is 8.78 Å². The molecule has 35 heavy (non-hydrogen) atoms. The van der Waals surface area contributed by atoms with Crippen LogP contribution in [0, 0.1) is 17.3 Å². The monoisotopic (exact) mass is 513 g/mol. The number of hydrogen-bond donors (Lipinski definition) is 2. The van der Waals surface area contributed by atoms with E-state index >= 15 is 8.78 Å². The largest absolute Gasteiger partial charge is 0.390 e. The molecule has 7 nitrogen and oxygen atoms in total. The fourth-order valence-electron chi connectivity index (χ4n) is 7.46. The molecule has 2 N–H and O–H groups in total. The van der Waals surface area contributed by atoms with Gasteiger partial charge in [-0.1, -0.05) is 6.08 Å². The van der Waals surface area contributed by atoms with Crippen molar-refractivity contribution >= 4 is 20.1 Å². The average molecular weight is 514 g/mol. The fraction of sp³-hybridized carbons (Fsp3) is 0.760. The van der Waals surface area contributed by atoms with Gasteiger partial charge >= 0.3 is 0 Å². The number of carbonyl (C=O) groups is 2. The molecule has 0 radical (unpaired) electrons. The fourth-order valence-corrected chi connectivity index (χ4v) is 8.67. The van der Waals surface area contributed by atoms with E-state index in [1.807, 2.05) is 13.8 Å². The van der Waals surface area contributed by atoms with Crippen LogP contribution < -0.4 is 5.32 Å². The lowest BCUT2D eigenvalue weighted by Gasteiger charge is -2.59. The minimum atomic E-state index is -2.15. The lowest BCUT2D eigenvalue weighted by Crippen LogP contribution is -2.68. The number of epoxide rings is 1. The van der Waals surface area contributed by atoms with E-state index in [-0.39, 0.29) is 30.1 Å². The van der Waals surface area contributed by atoms with Gasteiger partial charge in [0.15, 0.2) is 25.4 Å². The van der Waals surface area contributed by atoms with E-state index < -0.39 is 54.8 Å². The Labute approximate surface area is 205 Å². The molecule has 5 aliphatic rings. The summed E-state index contributed by atoms with van der Waals surface area (Å²) in [6, 6.07) is 0. The van der Waals surface area contributed by atoms with Crippen LogP contribution in [0.5, 0.6) is 0 Å². The van der Waals surface area contributed by atoms with Crippen molar-refractivity contribution in [1.29, 1.82) is 0 Å². The standard InChI is InChI=1S/C25H34F2NO6P/c1-4-32-35(33-5-2)11-10-28-21(31)23-9-7-16-17-13-19(26)18-12-15(29)6-8-22(18,3)25(17,27)20(30)14-24(16,23)34-23/h6,8,12,16-17,19-20,30H,4-5,7,9-11,13-14H2,1-3H3,(H,28,31)/t16-,17?,19-,20?,22?,23-,24?,25-/m0/s1. The van der Waals surface area contributed by atoms with Gasteiger partial charge in [0, 0.05) is 30.5 Å². The molecule has 0 bridgehead atoms. The summed E-state index contributed by atoms with van der Waals surface area (Å²) in [7, 11) is -1.09. The smallest absolute Gasteiger partial charge is 0.255 e. The number of allylic oxidation sites excluding steroid dienone is 4. The first-order valence-corrected chi connectivity index (χ1v) is 13.9. The highest BCUT2D eigenvalue weighted by Gasteiger charge is 2.86. The summed E-state index contributed by atoms with van der Waals surface area (Å²) < 4.78 is 49.7. The summed E-state index contributed by atoms with van der Waals surface area (Å²) in [6.45, 7) is 6.75. The van der Waals surface area contributed by atoms with Crippen molar-refractivity contribution in [3.63, 3.8) is 0 Å². The zero-order chi connectivity index (χ0) is 25.2. The van der Waals surface area contributed by atoms with E-state index in [2.05, 4.69) is 5.32 Å². The van der Waals surface area contributed by atoms with Gasteiger partial charge < -0.3 is 24.2 Å². The molecule has 3 saturated carbocycles. The highest BCUT2D eigenvalue weighted by molar-refractivity contribution is 7.47. The van der Waals surface area contributed by atoms with Gasteiger partial charge in [-0.2, -0.15) is 0 Å². The normalized spacial score (nSPS) is 45.3. The maximum atomic E-state index is 17.0. The van der Waals surface area contributed by atoms with Crippen LogP contribution >= 0.6 is 8.38 Å². The molecule has 0 aromatic rings. The molecule has 1 saturated heterocycles. The van der Waals surface area contributed by atoms with Crippen LogP contribution in [0.4, 0.5) is 8.78 Å². The summed E-state index contributed by atoms with van der Waals surface area (Å²) in [5.74, 6) is -1.87. The minimum Gasteiger partial charge on any atom is -0.390 e. The number of aliphatic hydroxyl groups excluding tert-OH is 1. The van der Waals surface area contributed by atoms with Crippen molar-refractivity contribution in [3.05, 3.63) is 23.8 Å². The second-order valence-corrected chi connectivity index (χ2v) is 12.1. The number of ether oxygens (including phenoxy) is 1. The summed E-state index contributed by atoms with van der Waals surface area (Å²) in [5, 5.41) is 14.2. The molecule has 4 unspecified atom stereocenters. The quantitative estimate of drug-likeness (QED) is 0.382. The summed E-state index contributed by atoms with van der Waals surface area (Å²) in [5.41, 5.74) is -5.61. The van der Waals surface area contributed by atoms with Crippen LogP contribution in [-0.2, 0) is 23.4 Å². The molecule has 1 amide bonds. The maximum Gasteiger partial charge on any atom is 0.255 e. The van der Waals surface area contributed by atoms with Gasteiger partial charge in [0.25, 0.3) is 5.91 Å². The molecule has 10 heteroatoms. The van der Waals surface area contributed by atoms with Gasteiger partial charge in [-0.3, -0.25) is 9.59 Å². The first-order valence-electron chi connectivity index (χ1n) is 12.6. The van der Waals surface area contributed by atoms with E-state index in [0.29, 0.717) is 38.8 Å². The van der Waals surface area contributed by atoms with Crippen LogP contribution in [-0.4, -0.2) is 71.9 Å². The average Bonchev–Trinajstić information content (AvgIpc) is 3.35. The van der Waals surface area contributed by atoms with Gasteiger partial charge in [0.1, 0.15) is 11.8 Å².